The van der Waals surface area contributed by atoms with Crippen molar-refractivity contribution in [3.8, 4) is 0 Å². The van der Waals surface area contributed by atoms with E-state index in [9.17, 15) is 14.4 Å². The van der Waals surface area contributed by atoms with Crippen molar-refractivity contribution in [2.24, 2.45) is 16.6 Å². The lowest BCUT2D eigenvalue weighted by Crippen LogP contribution is -2.75. The Morgan fingerprint density at radius 3 is 2.52 bits per heavy atom. The predicted molar refractivity (Wildman–Crippen MR) is 109 cm³/mol. The molecule has 2 heterocycles. The lowest BCUT2D eigenvalue weighted by Gasteiger charge is -2.63. The zero-order valence-corrected chi connectivity index (χ0v) is 17.5. The highest BCUT2D eigenvalue weighted by Gasteiger charge is 2.59. The van der Waals surface area contributed by atoms with Crippen molar-refractivity contribution in [2.45, 2.75) is 71.8 Å². The number of imide groups is 1. The third kappa shape index (κ3) is 3.07. The van der Waals surface area contributed by atoms with E-state index in [1.54, 1.807) is 4.90 Å². The summed E-state index contributed by atoms with van der Waals surface area (Å²) in [5, 5.41) is 5.97. The van der Waals surface area contributed by atoms with Gasteiger partial charge in [0.15, 0.2) is 0 Å². The van der Waals surface area contributed by atoms with E-state index in [2.05, 4.69) is 38.3 Å². The Labute approximate surface area is 171 Å². The van der Waals surface area contributed by atoms with Gasteiger partial charge in [-0.05, 0) is 34.4 Å². The normalized spacial score (nSPS) is 30.0. The molecular formula is C22H30N4O3. The van der Waals surface area contributed by atoms with Crippen molar-refractivity contribution in [2.75, 3.05) is 0 Å². The van der Waals surface area contributed by atoms with Crippen molar-refractivity contribution in [1.82, 2.24) is 15.5 Å². The molecule has 1 aliphatic carbocycles. The van der Waals surface area contributed by atoms with E-state index < -0.39 is 6.04 Å². The molecule has 2 aliphatic heterocycles. The molecule has 4 N–H and O–H groups in total. The maximum atomic E-state index is 13.0. The third-order valence-electron chi connectivity index (χ3n) is 7.19. The lowest BCUT2D eigenvalue weighted by atomic mass is 9.48. The molecule has 1 saturated heterocycles. The molecule has 29 heavy (non-hydrogen) atoms. The first kappa shape index (κ1) is 20.0. The highest BCUT2D eigenvalue weighted by Crippen LogP contribution is 2.52. The summed E-state index contributed by atoms with van der Waals surface area (Å²) in [6.45, 7) is 9.81. The number of hydrogen-bond donors (Lipinski definition) is 3. The van der Waals surface area contributed by atoms with Crippen LogP contribution in [0.25, 0.3) is 0 Å². The lowest BCUT2D eigenvalue weighted by molar-refractivity contribution is -0.136. The molecule has 1 aromatic rings. The molecule has 0 spiro atoms. The number of nitrogens with zero attached hydrogens (tertiary/aromatic N) is 1. The molecule has 3 aliphatic rings. The van der Waals surface area contributed by atoms with E-state index >= 15 is 0 Å². The van der Waals surface area contributed by atoms with E-state index in [0.717, 1.165) is 11.1 Å². The highest BCUT2D eigenvalue weighted by atomic mass is 16.2. The second kappa shape index (κ2) is 6.64. The number of carbonyl (C=O) groups excluding carboxylic acids is 3. The molecular weight excluding hydrogens is 368 g/mol. The first-order valence-electron chi connectivity index (χ1n) is 10.3. The Balaban J connectivity index is 1.46. The van der Waals surface area contributed by atoms with Gasteiger partial charge in [0.1, 0.15) is 6.04 Å². The summed E-state index contributed by atoms with van der Waals surface area (Å²) >= 11 is 0. The molecule has 0 radical (unpaired) electrons. The van der Waals surface area contributed by atoms with E-state index in [4.69, 9.17) is 5.73 Å². The van der Waals surface area contributed by atoms with E-state index in [0.29, 0.717) is 25.1 Å². The number of amides is 3. The summed E-state index contributed by atoms with van der Waals surface area (Å²) in [5.41, 5.74) is 8.99. The van der Waals surface area contributed by atoms with Gasteiger partial charge in [-0.25, -0.2) is 0 Å². The Bertz CT molecular complexity index is 876. The molecule has 7 heteroatoms. The summed E-state index contributed by atoms with van der Waals surface area (Å²) < 4.78 is 0. The second-order valence-corrected chi connectivity index (χ2v) is 9.83. The first-order valence-corrected chi connectivity index (χ1v) is 10.3. The van der Waals surface area contributed by atoms with Crippen LogP contribution in [0.5, 0.6) is 0 Å². The van der Waals surface area contributed by atoms with Crippen LogP contribution in [0, 0.1) is 10.8 Å². The Morgan fingerprint density at radius 1 is 1.17 bits per heavy atom. The fourth-order valence-corrected chi connectivity index (χ4v) is 5.64. The smallest absolute Gasteiger partial charge is 0.255 e. The third-order valence-corrected chi connectivity index (χ3v) is 7.19. The molecule has 1 aromatic carbocycles. The Kier molecular flexibility index (Phi) is 4.59. The minimum absolute atomic E-state index is 0.0125. The zero-order chi connectivity index (χ0) is 21.1. The molecule has 0 aromatic heterocycles. The van der Waals surface area contributed by atoms with Gasteiger partial charge in [-0.15, -0.1) is 0 Å². The summed E-state index contributed by atoms with van der Waals surface area (Å²) in [7, 11) is 0. The average Bonchev–Trinajstić information content (AvgIpc) is 2.97. The van der Waals surface area contributed by atoms with Gasteiger partial charge in [-0.2, -0.15) is 0 Å². The number of carbonyl (C=O) groups is 3. The summed E-state index contributed by atoms with van der Waals surface area (Å²) in [5.74, 6) is -0.789. The van der Waals surface area contributed by atoms with Crippen LogP contribution >= 0.6 is 0 Å². The standard InChI is InChI=1S/C22H30N4O3/c1-21(2)19(23)22(3,4)20(21)24-10-12-5-6-13-11-26(18(29)14(13)9-12)15-7-8-16(27)25-17(15)28/h5-6,9,15,19-20,24H,7-8,10-11,23H2,1-4H3,(H,25,27,28). The van der Waals surface area contributed by atoms with Crippen LogP contribution in [0.4, 0.5) is 0 Å². The van der Waals surface area contributed by atoms with Crippen molar-refractivity contribution < 1.29 is 14.4 Å². The minimum atomic E-state index is -0.577. The average molecular weight is 399 g/mol. The molecule has 1 unspecified atom stereocenters. The zero-order valence-electron chi connectivity index (χ0n) is 17.5. The van der Waals surface area contributed by atoms with E-state index in [1.807, 2.05) is 18.2 Å². The minimum Gasteiger partial charge on any atom is -0.327 e. The van der Waals surface area contributed by atoms with Crippen molar-refractivity contribution >= 4 is 17.7 Å². The van der Waals surface area contributed by atoms with Gasteiger partial charge in [-0.1, -0.05) is 39.8 Å². The van der Waals surface area contributed by atoms with Crippen LogP contribution in [0.3, 0.4) is 0 Å². The predicted octanol–water partition coefficient (Wildman–Crippen LogP) is 1.30. The SMILES string of the molecule is CC1(C)C(N)C(C)(C)C1NCc1ccc2c(c1)C(=O)N(C1CCC(=O)NC1=O)C2. The summed E-state index contributed by atoms with van der Waals surface area (Å²) in [6.07, 6.45) is 0.645. The van der Waals surface area contributed by atoms with Gasteiger partial charge >= 0.3 is 0 Å². The van der Waals surface area contributed by atoms with Crippen molar-refractivity contribution in [1.29, 1.82) is 0 Å². The van der Waals surface area contributed by atoms with Crippen LogP contribution in [0.15, 0.2) is 18.2 Å². The van der Waals surface area contributed by atoms with Gasteiger partial charge in [0.05, 0.1) is 0 Å². The monoisotopic (exact) mass is 398 g/mol. The number of fused-ring (bicyclic) bond motifs is 1. The van der Waals surface area contributed by atoms with Crippen molar-refractivity contribution in [3.05, 3.63) is 34.9 Å². The van der Waals surface area contributed by atoms with Crippen LogP contribution in [0.1, 0.15) is 62.0 Å². The number of piperidine rings is 1. The van der Waals surface area contributed by atoms with Gasteiger partial charge in [0.25, 0.3) is 5.91 Å². The second-order valence-electron chi connectivity index (χ2n) is 9.83. The fraction of sp³-hybridized carbons (Fsp3) is 0.591. The van der Waals surface area contributed by atoms with Crippen molar-refractivity contribution in [3.63, 3.8) is 0 Å². The Morgan fingerprint density at radius 2 is 1.86 bits per heavy atom. The first-order chi connectivity index (χ1) is 13.5. The van der Waals surface area contributed by atoms with Crippen LogP contribution < -0.4 is 16.4 Å². The molecule has 0 bridgehead atoms. The molecule has 2 fully saturated rings. The maximum absolute atomic E-state index is 13.0. The molecule has 4 rings (SSSR count). The molecule has 1 saturated carbocycles. The molecule has 7 nitrogen and oxygen atoms in total. The van der Waals surface area contributed by atoms with Crippen LogP contribution in [0.2, 0.25) is 0 Å². The van der Waals surface area contributed by atoms with Gasteiger partial charge in [0.2, 0.25) is 11.8 Å². The highest BCUT2D eigenvalue weighted by molar-refractivity contribution is 6.05. The van der Waals surface area contributed by atoms with Gasteiger partial charge in [0, 0.05) is 37.2 Å². The van der Waals surface area contributed by atoms with E-state index in [-0.39, 0.29) is 47.1 Å². The van der Waals surface area contributed by atoms with Crippen LogP contribution in [-0.4, -0.2) is 40.7 Å². The quantitative estimate of drug-likeness (QED) is 0.663. The summed E-state index contributed by atoms with van der Waals surface area (Å²) in [4.78, 5) is 38.1. The molecule has 3 amide bonds. The number of rotatable bonds is 4. The molecule has 1 atom stereocenters. The topological polar surface area (TPSA) is 105 Å². The van der Waals surface area contributed by atoms with E-state index in [1.165, 1.54) is 0 Å². The number of hydrogen-bond acceptors (Lipinski definition) is 5. The number of benzene rings is 1. The van der Waals surface area contributed by atoms with Gasteiger partial charge < -0.3 is 16.0 Å². The number of nitrogens with one attached hydrogen (secondary N) is 2. The maximum Gasteiger partial charge on any atom is 0.255 e. The number of nitrogens with two attached hydrogens (primary N) is 1. The van der Waals surface area contributed by atoms with Crippen LogP contribution in [-0.2, 0) is 22.7 Å². The largest absolute Gasteiger partial charge is 0.327 e. The van der Waals surface area contributed by atoms with Gasteiger partial charge in [-0.3, -0.25) is 19.7 Å². The summed E-state index contributed by atoms with van der Waals surface area (Å²) in [6, 6.07) is 5.78. The Hall–Kier alpha value is -2.25. The molecule has 156 valence electrons. The fourth-order valence-electron chi connectivity index (χ4n) is 5.64.